The zero-order valence-electron chi connectivity index (χ0n) is 12.8. The molecule has 0 radical (unpaired) electrons. The van der Waals surface area contributed by atoms with Crippen LogP contribution in [0.25, 0.3) is 0 Å². The average molecular weight is 264 g/mol. The van der Waals surface area contributed by atoms with Crippen LogP contribution in [0, 0.1) is 5.92 Å². The molecule has 1 aromatic rings. The zero-order chi connectivity index (χ0) is 14.1. The van der Waals surface area contributed by atoms with E-state index in [9.17, 15) is 0 Å². The van der Waals surface area contributed by atoms with Gasteiger partial charge in [-0.2, -0.15) is 0 Å². The minimum atomic E-state index is 0.484. The highest BCUT2D eigenvalue weighted by Crippen LogP contribution is 2.05. The molecular formula is C16H28N2O. The third-order valence-corrected chi connectivity index (χ3v) is 2.88. The fourth-order valence-corrected chi connectivity index (χ4v) is 1.79. The Hall–Kier alpha value is -0.930. The van der Waals surface area contributed by atoms with E-state index in [-0.39, 0.29) is 0 Å². The number of aromatic nitrogens is 1. The number of nitrogens with one attached hydrogen (secondary N) is 1. The van der Waals surface area contributed by atoms with Gasteiger partial charge in [0.15, 0.2) is 0 Å². The van der Waals surface area contributed by atoms with Gasteiger partial charge in [-0.15, -0.1) is 0 Å². The Bertz CT molecular complexity index is 350. The van der Waals surface area contributed by atoms with E-state index in [0.29, 0.717) is 12.6 Å². The summed E-state index contributed by atoms with van der Waals surface area (Å²) in [6, 6.07) is 6.62. The molecule has 0 aliphatic rings. The predicted octanol–water partition coefficient (Wildman–Crippen LogP) is 3.53. The summed E-state index contributed by atoms with van der Waals surface area (Å²) in [6.07, 6.45) is 2.36. The van der Waals surface area contributed by atoms with Crippen LogP contribution in [0.15, 0.2) is 18.2 Å². The maximum Gasteiger partial charge on any atom is 0.0887 e. The predicted molar refractivity (Wildman–Crippen MR) is 79.9 cm³/mol. The van der Waals surface area contributed by atoms with Crippen molar-refractivity contribution in [3.63, 3.8) is 0 Å². The van der Waals surface area contributed by atoms with Gasteiger partial charge in [0.05, 0.1) is 18.0 Å². The molecule has 1 N–H and O–H groups in total. The van der Waals surface area contributed by atoms with Gasteiger partial charge < -0.3 is 10.1 Å². The van der Waals surface area contributed by atoms with Gasteiger partial charge in [0.1, 0.15) is 0 Å². The molecule has 0 saturated carbocycles. The molecular weight excluding hydrogens is 236 g/mol. The van der Waals surface area contributed by atoms with Crippen LogP contribution in [-0.4, -0.2) is 17.6 Å². The third-order valence-electron chi connectivity index (χ3n) is 2.88. The lowest BCUT2D eigenvalue weighted by Crippen LogP contribution is -2.22. The van der Waals surface area contributed by atoms with Crippen LogP contribution in [0.4, 0.5) is 0 Å². The summed E-state index contributed by atoms with van der Waals surface area (Å²) in [6.45, 7) is 11.0. The second-order valence-corrected chi connectivity index (χ2v) is 5.74. The average Bonchev–Trinajstić information content (AvgIpc) is 2.36. The van der Waals surface area contributed by atoms with E-state index < -0.39 is 0 Å². The Morgan fingerprint density at radius 2 is 1.89 bits per heavy atom. The first-order valence-electron chi connectivity index (χ1n) is 7.34. The fraction of sp³-hybridized carbons (Fsp3) is 0.688. The van der Waals surface area contributed by atoms with Crippen LogP contribution in [0.3, 0.4) is 0 Å². The standard InChI is InChI=1S/C16H28N2O/c1-13(2)7-6-10-19-12-16-9-5-8-15(18-16)11-17-14(3)4/h5,8-9,13-14,17H,6-7,10-12H2,1-4H3. The maximum absolute atomic E-state index is 5.67. The molecule has 0 fully saturated rings. The summed E-state index contributed by atoms with van der Waals surface area (Å²) in [7, 11) is 0. The van der Waals surface area contributed by atoms with Gasteiger partial charge in [-0.3, -0.25) is 4.98 Å². The van der Waals surface area contributed by atoms with Crippen LogP contribution >= 0.6 is 0 Å². The second-order valence-electron chi connectivity index (χ2n) is 5.74. The van der Waals surface area contributed by atoms with Gasteiger partial charge in [0, 0.05) is 19.2 Å². The first kappa shape index (κ1) is 16.1. The summed E-state index contributed by atoms with van der Waals surface area (Å²) in [5, 5.41) is 3.37. The summed E-state index contributed by atoms with van der Waals surface area (Å²) < 4.78 is 5.67. The van der Waals surface area contributed by atoms with E-state index in [1.165, 1.54) is 6.42 Å². The number of pyridine rings is 1. The van der Waals surface area contributed by atoms with E-state index in [0.717, 1.165) is 36.9 Å². The van der Waals surface area contributed by atoms with E-state index in [4.69, 9.17) is 4.74 Å². The number of hydrogen-bond acceptors (Lipinski definition) is 3. The quantitative estimate of drug-likeness (QED) is 0.693. The highest BCUT2D eigenvalue weighted by atomic mass is 16.5. The number of hydrogen-bond donors (Lipinski definition) is 1. The first-order chi connectivity index (χ1) is 9.08. The van der Waals surface area contributed by atoms with Crippen molar-refractivity contribution in [2.45, 2.75) is 59.7 Å². The summed E-state index contributed by atoms with van der Waals surface area (Å²) >= 11 is 0. The molecule has 19 heavy (non-hydrogen) atoms. The van der Waals surface area contributed by atoms with Crippen molar-refractivity contribution in [3.8, 4) is 0 Å². The molecule has 3 nitrogen and oxygen atoms in total. The molecule has 1 aromatic heterocycles. The van der Waals surface area contributed by atoms with Crippen LogP contribution < -0.4 is 5.32 Å². The number of ether oxygens (including phenoxy) is 1. The third kappa shape index (κ3) is 7.96. The molecule has 0 aliphatic heterocycles. The van der Waals surface area contributed by atoms with Crippen molar-refractivity contribution < 1.29 is 4.74 Å². The van der Waals surface area contributed by atoms with E-state index >= 15 is 0 Å². The number of nitrogens with zero attached hydrogens (tertiary/aromatic N) is 1. The van der Waals surface area contributed by atoms with Crippen molar-refractivity contribution in [1.29, 1.82) is 0 Å². The van der Waals surface area contributed by atoms with Crippen molar-refractivity contribution in [3.05, 3.63) is 29.6 Å². The Morgan fingerprint density at radius 3 is 2.58 bits per heavy atom. The molecule has 0 saturated heterocycles. The molecule has 0 bridgehead atoms. The lowest BCUT2D eigenvalue weighted by molar-refractivity contribution is 0.112. The second kappa shape index (κ2) is 9.05. The van der Waals surface area contributed by atoms with Gasteiger partial charge in [-0.25, -0.2) is 0 Å². The first-order valence-corrected chi connectivity index (χ1v) is 7.34. The van der Waals surface area contributed by atoms with Gasteiger partial charge in [-0.05, 0) is 30.9 Å². The maximum atomic E-state index is 5.67. The zero-order valence-corrected chi connectivity index (χ0v) is 12.8. The molecule has 0 aliphatic carbocycles. The number of rotatable bonds is 9. The molecule has 3 heteroatoms. The van der Waals surface area contributed by atoms with Crippen LogP contribution in [0.5, 0.6) is 0 Å². The van der Waals surface area contributed by atoms with Crippen molar-refractivity contribution in [1.82, 2.24) is 10.3 Å². The minimum Gasteiger partial charge on any atom is -0.375 e. The van der Waals surface area contributed by atoms with E-state index in [2.05, 4.69) is 50.1 Å². The van der Waals surface area contributed by atoms with Crippen molar-refractivity contribution >= 4 is 0 Å². The smallest absolute Gasteiger partial charge is 0.0887 e. The lowest BCUT2D eigenvalue weighted by Gasteiger charge is -2.09. The topological polar surface area (TPSA) is 34.1 Å². The molecule has 1 rings (SSSR count). The fourth-order valence-electron chi connectivity index (χ4n) is 1.79. The Labute approximate surface area is 117 Å². The summed E-state index contributed by atoms with van der Waals surface area (Å²) in [5.74, 6) is 0.757. The van der Waals surface area contributed by atoms with Crippen LogP contribution in [0.1, 0.15) is 51.9 Å². The molecule has 0 spiro atoms. The van der Waals surface area contributed by atoms with E-state index in [1.807, 2.05) is 6.07 Å². The highest BCUT2D eigenvalue weighted by Gasteiger charge is 2.00. The van der Waals surface area contributed by atoms with E-state index in [1.54, 1.807) is 0 Å². The van der Waals surface area contributed by atoms with Gasteiger partial charge in [-0.1, -0.05) is 33.8 Å². The summed E-state index contributed by atoms with van der Waals surface area (Å²) in [4.78, 5) is 4.59. The highest BCUT2D eigenvalue weighted by molar-refractivity contribution is 5.10. The molecule has 1 heterocycles. The Balaban J connectivity index is 2.27. The normalized spacial score (nSPS) is 11.5. The van der Waals surface area contributed by atoms with Gasteiger partial charge >= 0.3 is 0 Å². The molecule has 0 unspecified atom stereocenters. The molecule has 0 aromatic carbocycles. The van der Waals surface area contributed by atoms with Crippen molar-refractivity contribution in [2.75, 3.05) is 6.61 Å². The lowest BCUT2D eigenvalue weighted by atomic mass is 10.1. The Morgan fingerprint density at radius 1 is 1.16 bits per heavy atom. The van der Waals surface area contributed by atoms with Crippen LogP contribution in [-0.2, 0) is 17.9 Å². The Kier molecular flexibility index (Phi) is 7.68. The largest absolute Gasteiger partial charge is 0.375 e. The van der Waals surface area contributed by atoms with Gasteiger partial charge in [0.25, 0.3) is 0 Å². The van der Waals surface area contributed by atoms with Crippen LogP contribution in [0.2, 0.25) is 0 Å². The monoisotopic (exact) mass is 264 g/mol. The SMILES string of the molecule is CC(C)CCCOCc1cccc(CNC(C)C)n1. The molecule has 108 valence electrons. The summed E-state index contributed by atoms with van der Waals surface area (Å²) in [5.41, 5.74) is 2.10. The molecule has 0 atom stereocenters. The molecule has 0 amide bonds. The van der Waals surface area contributed by atoms with Gasteiger partial charge in [0.2, 0.25) is 0 Å². The minimum absolute atomic E-state index is 0.484. The van der Waals surface area contributed by atoms with Crippen molar-refractivity contribution in [2.24, 2.45) is 5.92 Å².